The first-order chi connectivity index (χ1) is 6.79. The van der Waals surface area contributed by atoms with Crippen molar-refractivity contribution in [1.29, 1.82) is 0 Å². The van der Waals surface area contributed by atoms with Crippen molar-refractivity contribution in [2.24, 2.45) is 5.73 Å². The molecule has 0 heterocycles. The molecule has 0 bridgehead atoms. The second kappa shape index (κ2) is 4.87. The molecule has 0 atom stereocenters. The van der Waals surface area contributed by atoms with Crippen LogP contribution in [0, 0.1) is 0 Å². The number of hydrogen-bond acceptors (Lipinski definition) is 2. The minimum absolute atomic E-state index is 0.250. The molecule has 0 saturated carbocycles. The van der Waals surface area contributed by atoms with Crippen LogP contribution in [0.4, 0.5) is 0 Å². The van der Waals surface area contributed by atoms with E-state index in [4.69, 9.17) is 4.79 Å². The molecule has 3 N–H and O–H groups in total. The van der Waals surface area contributed by atoms with Crippen LogP contribution in [0.1, 0.15) is 0 Å². The second-order valence-electron chi connectivity index (χ2n) is 2.63. The number of amides is 1. The summed E-state index contributed by atoms with van der Waals surface area (Å²) in [5.41, 5.74) is 4.17. The molecule has 0 unspecified atom stereocenters. The molecule has 1 amide bonds. The van der Waals surface area contributed by atoms with E-state index in [1.54, 1.807) is 6.07 Å². The predicted octanol–water partition coefficient (Wildman–Crippen LogP) is 1.65. The van der Waals surface area contributed by atoms with E-state index < -0.39 is 0 Å². The maximum Gasteiger partial charge on any atom is 0.204 e. The van der Waals surface area contributed by atoms with Gasteiger partial charge in [0.25, 0.3) is 0 Å². The van der Waals surface area contributed by atoms with Crippen LogP contribution >= 0.6 is 0 Å². The molecular formula is C11H11NO2. The summed E-state index contributed by atoms with van der Waals surface area (Å²) in [5, 5.41) is 11.4. The Morgan fingerprint density at radius 2 is 1.64 bits per heavy atom. The third-order valence-corrected chi connectivity index (χ3v) is 1.77. The lowest BCUT2D eigenvalue weighted by molar-refractivity contribution is -0.106. The van der Waals surface area contributed by atoms with Crippen LogP contribution in [0.25, 0.3) is 10.8 Å². The summed E-state index contributed by atoms with van der Waals surface area (Å²) < 4.78 is 0. The lowest BCUT2D eigenvalue weighted by Crippen LogP contribution is -1.82. The van der Waals surface area contributed by atoms with Crippen LogP contribution in [-0.4, -0.2) is 11.5 Å². The Balaban J connectivity index is 0.000000293. The fourth-order valence-corrected chi connectivity index (χ4v) is 1.21. The Hall–Kier alpha value is -2.03. The maximum absolute atomic E-state index is 9.37. The molecule has 14 heavy (non-hydrogen) atoms. The van der Waals surface area contributed by atoms with E-state index in [1.165, 1.54) is 0 Å². The molecule has 0 saturated heterocycles. The van der Waals surface area contributed by atoms with Crippen LogP contribution in [-0.2, 0) is 4.79 Å². The predicted molar refractivity (Wildman–Crippen MR) is 55.9 cm³/mol. The first kappa shape index (κ1) is 10.1. The highest BCUT2D eigenvalue weighted by atomic mass is 16.3. The van der Waals surface area contributed by atoms with E-state index in [0.717, 1.165) is 10.8 Å². The number of aromatic hydroxyl groups is 1. The molecule has 2 aromatic carbocycles. The van der Waals surface area contributed by atoms with E-state index in [1.807, 2.05) is 36.4 Å². The number of nitrogens with two attached hydrogens (primary N) is 1. The van der Waals surface area contributed by atoms with Crippen molar-refractivity contribution in [3.05, 3.63) is 42.5 Å². The Bertz CT molecular complexity index is 421. The van der Waals surface area contributed by atoms with Crippen molar-refractivity contribution in [3.63, 3.8) is 0 Å². The minimum Gasteiger partial charge on any atom is -0.507 e. The summed E-state index contributed by atoms with van der Waals surface area (Å²) in [7, 11) is 0. The lowest BCUT2D eigenvalue weighted by Gasteiger charge is -1.97. The van der Waals surface area contributed by atoms with Crippen molar-refractivity contribution in [2.75, 3.05) is 0 Å². The second-order valence-corrected chi connectivity index (χ2v) is 2.63. The zero-order chi connectivity index (χ0) is 10.4. The topological polar surface area (TPSA) is 63.3 Å². The van der Waals surface area contributed by atoms with Gasteiger partial charge in [0.15, 0.2) is 0 Å². The number of rotatable bonds is 0. The molecular weight excluding hydrogens is 178 g/mol. The zero-order valence-electron chi connectivity index (χ0n) is 7.55. The first-order valence-electron chi connectivity index (χ1n) is 4.11. The van der Waals surface area contributed by atoms with Crippen molar-refractivity contribution in [1.82, 2.24) is 0 Å². The van der Waals surface area contributed by atoms with Crippen molar-refractivity contribution < 1.29 is 9.90 Å². The SMILES string of the molecule is NC=O.Oc1cccc2ccccc12. The van der Waals surface area contributed by atoms with Gasteiger partial charge in [-0.25, -0.2) is 0 Å². The van der Waals surface area contributed by atoms with Gasteiger partial charge < -0.3 is 10.8 Å². The van der Waals surface area contributed by atoms with Gasteiger partial charge in [-0.2, -0.15) is 0 Å². The van der Waals surface area contributed by atoms with Gasteiger partial charge >= 0.3 is 0 Å². The zero-order valence-corrected chi connectivity index (χ0v) is 7.55. The van der Waals surface area contributed by atoms with Gasteiger partial charge in [-0.3, -0.25) is 4.79 Å². The van der Waals surface area contributed by atoms with Crippen molar-refractivity contribution >= 4 is 17.2 Å². The molecule has 0 aromatic heterocycles. The number of primary amides is 1. The summed E-state index contributed by atoms with van der Waals surface area (Å²) in [5.74, 6) is 0.350. The number of carbonyl (C=O) groups excluding carboxylic acids is 1. The monoisotopic (exact) mass is 189 g/mol. The van der Waals surface area contributed by atoms with Gasteiger partial charge in [0.2, 0.25) is 6.41 Å². The number of phenolic OH excluding ortho intramolecular Hbond substituents is 1. The molecule has 0 aliphatic carbocycles. The molecule has 0 spiro atoms. The number of benzene rings is 2. The quantitative estimate of drug-likeness (QED) is 0.619. The number of hydrogen-bond donors (Lipinski definition) is 2. The average Bonchev–Trinajstić information content (AvgIpc) is 2.20. The van der Waals surface area contributed by atoms with E-state index in [-0.39, 0.29) is 6.41 Å². The molecule has 0 radical (unpaired) electrons. The molecule has 2 aromatic rings. The first-order valence-corrected chi connectivity index (χ1v) is 4.11. The van der Waals surface area contributed by atoms with Crippen LogP contribution in [0.3, 0.4) is 0 Å². The standard InChI is InChI=1S/C10H8O.CH3NO/c11-10-7-3-5-8-4-1-2-6-9(8)10;2-1-3/h1-7,11H;1H,(H2,2,3). The third-order valence-electron chi connectivity index (χ3n) is 1.77. The highest BCUT2D eigenvalue weighted by Crippen LogP contribution is 2.22. The van der Waals surface area contributed by atoms with Crippen LogP contribution in [0.15, 0.2) is 42.5 Å². The maximum atomic E-state index is 9.37. The molecule has 2 rings (SSSR count). The summed E-state index contributed by atoms with van der Waals surface area (Å²) in [6.45, 7) is 0. The van der Waals surface area contributed by atoms with E-state index >= 15 is 0 Å². The molecule has 3 nitrogen and oxygen atoms in total. The Morgan fingerprint density at radius 3 is 2.29 bits per heavy atom. The summed E-state index contributed by atoms with van der Waals surface area (Å²) in [6.07, 6.45) is 0.250. The Morgan fingerprint density at radius 1 is 1.07 bits per heavy atom. The molecule has 72 valence electrons. The number of carbonyl (C=O) groups is 1. The smallest absolute Gasteiger partial charge is 0.204 e. The Kier molecular flexibility index (Phi) is 3.49. The fraction of sp³-hybridized carbons (Fsp3) is 0. The minimum atomic E-state index is 0.250. The van der Waals surface area contributed by atoms with Crippen LogP contribution in [0.5, 0.6) is 5.75 Å². The van der Waals surface area contributed by atoms with Crippen molar-refractivity contribution in [2.45, 2.75) is 0 Å². The third kappa shape index (κ3) is 2.23. The van der Waals surface area contributed by atoms with Gasteiger partial charge in [0, 0.05) is 5.39 Å². The largest absolute Gasteiger partial charge is 0.507 e. The highest BCUT2D eigenvalue weighted by molar-refractivity contribution is 5.87. The van der Waals surface area contributed by atoms with Gasteiger partial charge in [-0.15, -0.1) is 0 Å². The molecule has 3 heteroatoms. The normalized spacial score (nSPS) is 8.86. The van der Waals surface area contributed by atoms with Crippen LogP contribution in [0.2, 0.25) is 0 Å². The van der Waals surface area contributed by atoms with Crippen molar-refractivity contribution in [3.8, 4) is 5.75 Å². The van der Waals surface area contributed by atoms with E-state index in [9.17, 15) is 5.11 Å². The molecule has 0 fully saturated rings. The van der Waals surface area contributed by atoms with E-state index in [2.05, 4.69) is 5.73 Å². The molecule has 0 aliphatic rings. The summed E-state index contributed by atoms with van der Waals surface area (Å²) in [4.78, 5) is 8.58. The summed E-state index contributed by atoms with van der Waals surface area (Å²) in [6, 6.07) is 13.3. The summed E-state index contributed by atoms with van der Waals surface area (Å²) >= 11 is 0. The van der Waals surface area contributed by atoms with Gasteiger partial charge in [0.1, 0.15) is 5.75 Å². The van der Waals surface area contributed by atoms with E-state index in [0.29, 0.717) is 5.75 Å². The number of fused-ring (bicyclic) bond motifs is 1. The van der Waals surface area contributed by atoms with Crippen LogP contribution < -0.4 is 5.73 Å². The van der Waals surface area contributed by atoms with Gasteiger partial charge in [-0.05, 0) is 11.5 Å². The number of phenols is 1. The molecule has 0 aliphatic heterocycles. The lowest BCUT2D eigenvalue weighted by atomic mass is 10.1. The fourth-order valence-electron chi connectivity index (χ4n) is 1.21. The Labute approximate surface area is 81.8 Å². The average molecular weight is 189 g/mol. The highest BCUT2D eigenvalue weighted by Gasteiger charge is 1.94. The van der Waals surface area contributed by atoms with Gasteiger partial charge in [0.05, 0.1) is 0 Å². The van der Waals surface area contributed by atoms with Gasteiger partial charge in [-0.1, -0.05) is 36.4 Å².